The van der Waals surface area contributed by atoms with Gasteiger partial charge in [0, 0.05) is 9.79 Å². The van der Waals surface area contributed by atoms with E-state index < -0.39 is 11.7 Å². The van der Waals surface area contributed by atoms with E-state index in [-0.39, 0.29) is 5.56 Å². The summed E-state index contributed by atoms with van der Waals surface area (Å²) in [6.07, 6.45) is -4.40. The molecule has 0 heterocycles. The van der Waals surface area contributed by atoms with Crippen LogP contribution in [0.4, 0.5) is 18.9 Å². The molecule has 2 rings (SSSR count). The molecule has 0 bridgehead atoms. The summed E-state index contributed by atoms with van der Waals surface area (Å²) in [6, 6.07) is 11.4. The Morgan fingerprint density at radius 3 is 2.52 bits per heavy atom. The number of hydrogen-bond acceptors (Lipinski definition) is 2. The smallest absolute Gasteiger partial charge is 0.238 e. The highest BCUT2D eigenvalue weighted by Crippen LogP contribution is 2.36. The van der Waals surface area contributed by atoms with E-state index in [9.17, 15) is 13.2 Å². The zero-order valence-corrected chi connectivity index (χ0v) is 11.3. The number of nitriles is 1. The van der Waals surface area contributed by atoms with Gasteiger partial charge in [0.2, 0.25) is 0 Å². The molecule has 2 aromatic carbocycles. The fourth-order valence-electron chi connectivity index (χ4n) is 1.63. The zero-order chi connectivity index (χ0) is 15.5. The SMILES string of the molecule is [C-]#[N+]c1ccc(Sc2cccc(C(F)(F)F)c2)c(C#N)c1. The molecule has 6 heteroatoms. The highest BCUT2D eigenvalue weighted by molar-refractivity contribution is 7.99. The van der Waals surface area contributed by atoms with Crippen molar-refractivity contribution < 1.29 is 13.2 Å². The second-order valence-electron chi connectivity index (χ2n) is 4.03. The van der Waals surface area contributed by atoms with Gasteiger partial charge in [-0.05, 0) is 24.3 Å². The molecule has 0 amide bonds. The minimum Gasteiger partial charge on any atom is -0.238 e. The van der Waals surface area contributed by atoms with Crippen molar-refractivity contribution in [3.05, 3.63) is 65.0 Å². The summed E-state index contributed by atoms with van der Waals surface area (Å²) in [5.41, 5.74) is -0.144. The lowest BCUT2D eigenvalue weighted by molar-refractivity contribution is -0.137. The Balaban J connectivity index is 2.36. The lowest BCUT2D eigenvalue weighted by Crippen LogP contribution is -2.04. The van der Waals surface area contributed by atoms with Crippen molar-refractivity contribution in [3.8, 4) is 6.07 Å². The molecule has 21 heavy (non-hydrogen) atoms. The van der Waals surface area contributed by atoms with E-state index in [4.69, 9.17) is 11.8 Å². The van der Waals surface area contributed by atoms with Crippen LogP contribution in [0.2, 0.25) is 0 Å². The van der Waals surface area contributed by atoms with Gasteiger partial charge in [0.25, 0.3) is 0 Å². The summed E-state index contributed by atoms with van der Waals surface area (Å²) >= 11 is 1.06. The van der Waals surface area contributed by atoms with Crippen molar-refractivity contribution >= 4 is 17.4 Å². The van der Waals surface area contributed by atoms with Crippen molar-refractivity contribution in [1.82, 2.24) is 0 Å². The number of rotatable bonds is 2. The largest absolute Gasteiger partial charge is 0.416 e. The third-order valence-corrected chi connectivity index (χ3v) is 3.67. The molecule has 0 saturated heterocycles. The number of hydrogen-bond donors (Lipinski definition) is 0. The molecule has 2 aromatic rings. The molecule has 0 unspecified atom stereocenters. The molecule has 0 aliphatic carbocycles. The molecule has 0 aromatic heterocycles. The Kier molecular flexibility index (Phi) is 4.21. The Labute approximate surface area is 123 Å². The maximum absolute atomic E-state index is 12.7. The Bertz CT molecular complexity index is 755. The molecular weight excluding hydrogens is 297 g/mol. The van der Waals surface area contributed by atoms with Crippen molar-refractivity contribution in [3.63, 3.8) is 0 Å². The fraction of sp³-hybridized carbons (Fsp3) is 0.0667. The first-order valence-corrected chi connectivity index (χ1v) is 6.52. The molecule has 104 valence electrons. The molecule has 0 spiro atoms. The van der Waals surface area contributed by atoms with Gasteiger partial charge in [-0.1, -0.05) is 30.0 Å². The van der Waals surface area contributed by atoms with Crippen LogP contribution in [0.3, 0.4) is 0 Å². The average Bonchev–Trinajstić information content (AvgIpc) is 2.47. The first kappa shape index (κ1) is 15.0. The van der Waals surface area contributed by atoms with Crippen LogP contribution in [-0.4, -0.2) is 0 Å². The van der Waals surface area contributed by atoms with Gasteiger partial charge in [0.15, 0.2) is 5.69 Å². The van der Waals surface area contributed by atoms with E-state index in [1.165, 1.54) is 18.2 Å². The summed E-state index contributed by atoms with van der Waals surface area (Å²) in [5.74, 6) is 0. The Morgan fingerprint density at radius 1 is 1.14 bits per heavy atom. The summed E-state index contributed by atoms with van der Waals surface area (Å²) in [4.78, 5) is 4.12. The van der Waals surface area contributed by atoms with Gasteiger partial charge in [-0.3, -0.25) is 0 Å². The summed E-state index contributed by atoms with van der Waals surface area (Å²) in [5, 5.41) is 9.05. The summed E-state index contributed by atoms with van der Waals surface area (Å²) in [7, 11) is 0. The van der Waals surface area contributed by atoms with Crippen LogP contribution in [0.25, 0.3) is 4.85 Å². The van der Waals surface area contributed by atoms with E-state index in [2.05, 4.69) is 4.85 Å². The van der Waals surface area contributed by atoms with Crippen molar-refractivity contribution in [2.24, 2.45) is 0 Å². The van der Waals surface area contributed by atoms with E-state index in [1.54, 1.807) is 12.1 Å². The molecule has 0 radical (unpaired) electrons. The standard InChI is InChI=1S/C15H7F3N2S/c1-20-12-5-6-14(10(7-12)9-19)21-13-4-2-3-11(8-13)15(16,17)18/h2-8H. The van der Waals surface area contributed by atoms with Crippen molar-refractivity contribution in [1.29, 1.82) is 5.26 Å². The maximum atomic E-state index is 12.7. The average molecular weight is 304 g/mol. The van der Waals surface area contributed by atoms with E-state index in [0.717, 1.165) is 23.9 Å². The minimum atomic E-state index is -4.40. The van der Waals surface area contributed by atoms with Gasteiger partial charge in [-0.15, -0.1) is 0 Å². The van der Waals surface area contributed by atoms with Crippen LogP contribution >= 0.6 is 11.8 Å². The van der Waals surface area contributed by atoms with Gasteiger partial charge in [0.1, 0.15) is 0 Å². The van der Waals surface area contributed by atoms with Crippen LogP contribution in [0.15, 0.2) is 52.3 Å². The number of nitrogens with zero attached hydrogens (tertiary/aromatic N) is 2. The third kappa shape index (κ3) is 3.56. The van der Waals surface area contributed by atoms with Crippen molar-refractivity contribution in [2.75, 3.05) is 0 Å². The fourth-order valence-corrected chi connectivity index (χ4v) is 2.56. The number of alkyl halides is 3. The molecule has 0 aliphatic heterocycles. The zero-order valence-electron chi connectivity index (χ0n) is 10.5. The van der Waals surface area contributed by atoms with Crippen LogP contribution in [0, 0.1) is 17.9 Å². The molecule has 2 nitrogen and oxygen atoms in total. The van der Waals surface area contributed by atoms with Crippen LogP contribution in [0.1, 0.15) is 11.1 Å². The minimum absolute atomic E-state index is 0.269. The molecule has 0 saturated carbocycles. The number of benzene rings is 2. The van der Waals surface area contributed by atoms with Crippen LogP contribution in [-0.2, 0) is 6.18 Å². The maximum Gasteiger partial charge on any atom is 0.416 e. The van der Waals surface area contributed by atoms with Gasteiger partial charge >= 0.3 is 6.18 Å². The lowest BCUT2D eigenvalue weighted by Gasteiger charge is -2.09. The highest BCUT2D eigenvalue weighted by atomic mass is 32.2. The molecular formula is C15H7F3N2S. The topological polar surface area (TPSA) is 28.1 Å². The van der Waals surface area contributed by atoms with E-state index in [1.807, 2.05) is 6.07 Å². The van der Waals surface area contributed by atoms with E-state index in [0.29, 0.717) is 15.5 Å². The number of halogens is 3. The summed E-state index contributed by atoms with van der Waals surface area (Å²) < 4.78 is 38.0. The molecule has 0 aliphatic rings. The molecule has 0 fully saturated rings. The van der Waals surface area contributed by atoms with Gasteiger partial charge < -0.3 is 0 Å². The third-order valence-electron chi connectivity index (χ3n) is 2.60. The molecule has 0 N–H and O–H groups in total. The first-order valence-electron chi connectivity index (χ1n) is 5.71. The predicted molar refractivity (Wildman–Crippen MR) is 73.0 cm³/mol. The van der Waals surface area contributed by atoms with Gasteiger partial charge in [0.05, 0.1) is 23.8 Å². The normalized spacial score (nSPS) is 10.7. The Morgan fingerprint density at radius 2 is 1.90 bits per heavy atom. The van der Waals surface area contributed by atoms with Crippen LogP contribution in [0.5, 0.6) is 0 Å². The monoisotopic (exact) mass is 304 g/mol. The highest BCUT2D eigenvalue weighted by Gasteiger charge is 2.30. The second kappa shape index (κ2) is 5.90. The molecule has 0 atom stereocenters. The predicted octanol–water partition coefficient (Wildman–Crippen LogP) is 5.28. The van der Waals surface area contributed by atoms with E-state index >= 15 is 0 Å². The summed E-state index contributed by atoms with van der Waals surface area (Å²) in [6.45, 7) is 6.89. The van der Waals surface area contributed by atoms with Crippen molar-refractivity contribution in [2.45, 2.75) is 16.0 Å². The lowest BCUT2D eigenvalue weighted by atomic mass is 10.2. The first-order chi connectivity index (χ1) is 9.94. The van der Waals surface area contributed by atoms with Gasteiger partial charge in [-0.25, -0.2) is 4.85 Å². The second-order valence-corrected chi connectivity index (χ2v) is 5.15. The van der Waals surface area contributed by atoms with Crippen LogP contribution < -0.4 is 0 Å². The van der Waals surface area contributed by atoms with Gasteiger partial charge in [-0.2, -0.15) is 18.4 Å². The Hall–Kier alpha value is -2.44. The quantitative estimate of drug-likeness (QED) is 0.706.